The summed E-state index contributed by atoms with van der Waals surface area (Å²) in [5.74, 6) is 1.97. The molecule has 0 saturated carbocycles. The van der Waals surface area contributed by atoms with Crippen LogP contribution in [0.1, 0.15) is 66.9 Å². The van der Waals surface area contributed by atoms with E-state index in [-0.39, 0.29) is 5.60 Å². The maximum absolute atomic E-state index is 9.60. The van der Waals surface area contributed by atoms with Crippen LogP contribution in [0.4, 0.5) is 0 Å². The molecule has 1 rings (SSSR count). The Morgan fingerprint density at radius 1 is 1.12 bits per heavy atom. The molecule has 0 amide bonds. The smallest absolute Gasteiger partial charge is 0.293 e. The minimum atomic E-state index is -0.318. The van der Waals surface area contributed by atoms with Crippen molar-refractivity contribution in [2.24, 2.45) is 5.92 Å². The van der Waals surface area contributed by atoms with E-state index in [9.17, 15) is 4.79 Å². The van der Waals surface area contributed by atoms with Gasteiger partial charge in [-0.1, -0.05) is 56.7 Å². The second kappa shape index (κ2) is 17.0. The molecule has 0 bridgehead atoms. The van der Waals surface area contributed by atoms with Gasteiger partial charge in [-0.2, -0.15) is 0 Å². The average Bonchev–Trinajstić information content (AvgIpc) is 2.76. The Hall–Kier alpha value is -2.53. The number of ether oxygens (including phenoxy) is 3. The summed E-state index contributed by atoms with van der Waals surface area (Å²) in [6, 6.07) is 6.06. The lowest BCUT2D eigenvalue weighted by Gasteiger charge is -2.15. The van der Waals surface area contributed by atoms with Gasteiger partial charge in [0.25, 0.3) is 6.47 Å². The van der Waals surface area contributed by atoms with Crippen molar-refractivity contribution in [2.75, 3.05) is 27.3 Å². The van der Waals surface area contributed by atoms with Gasteiger partial charge in [-0.25, -0.2) is 0 Å². The second-order valence-corrected chi connectivity index (χ2v) is 8.71. The van der Waals surface area contributed by atoms with Crippen LogP contribution >= 0.6 is 0 Å². The van der Waals surface area contributed by atoms with Gasteiger partial charge in [0.15, 0.2) is 11.5 Å². The molecule has 5 nitrogen and oxygen atoms in total. The molecule has 1 aromatic rings. The van der Waals surface area contributed by atoms with E-state index in [1.54, 1.807) is 7.11 Å². The molecule has 186 valence electrons. The van der Waals surface area contributed by atoms with Crippen molar-refractivity contribution in [1.82, 2.24) is 5.32 Å². The maximum atomic E-state index is 9.60. The standard InChI is InChI=1S/C23H35NO2.C5H10O2/c1-7-9-18(3)19(4)21(10-8-2)13-11-20-12-14-22(23(17-20)25-6)26-16-15-24-5;1-5(2,3)7-4-6/h9-14,17,19,24H,7-8,15-16H2,1-6H3;4H,1-3H3/b13-11+,18-9-,21-10+;. The number of hydrogen-bond donors (Lipinski definition) is 1. The molecule has 0 fully saturated rings. The van der Waals surface area contributed by atoms with E-state index in [0.717, 1.165) is 36.4 Å². The lowest BCUT2D eigenvalue weighted by Crippen LogP contribution is -2.17. The summed E-state index contributed by atoms with van der Waals surface area (Å²) in [5, 5.41) is 3.07. The Labute approximate surface area is 201 Å². The molecule has 33 heavy (non-hydrogen) atoms. The summed E-state index contributed by atoms with van der Waals surface area (Å²) in [5.41, 5.74) is 3.56. The van der Waals surface area contributed by atoms with Crippen LogP contribution in [0, 0.1) is 5.92 Å². The first kappa shape index (κ1) is 30.5. The molecule has 0 saturated heterocycles. The third-order valence-corrected chi connectivity index (χ3v) is 4.82. The number of likely N-dealkylation sites (N-methyl/N-ethyl adjacent to an activating group) is 1. The SMILES string of the molecule is CC(C)(C)OC=O.CC/C=C(/C)C(C)C(/C=C/c1ccc(OCCNC)c(OC)c1)=C/CC. The number of methoxy groups -OCH3 is 1. The maximum Gasteiger partial charge on any atom is 0.293 e. The van der Waals surface area contributed by atoms with Gasteiger partial charge in [0, 0.05) is 12.5 Å². The topological polar surface area (TPSA) is 56.8 Å². The van der Waals surface area contributed by atoms with Gasteiger partial charge in [-0.15, -0.1) is 0 Å². The predicted octanol–water partition coefficient (Wildman–Crippen LogP) is 6.59. The van der Waals surface area contributed by atoms with E-state index in [0.29, 0.717) is 19.0 Å². The van der Waals surface area contributed by atoms with Gasteiger partial charge in [-0.05, 0) is 70.9 Å². The van der Waals surface area contributed by atoms with E-state index in [1.165, 1.54) is 11.1 Å². The first-order chi connectivity index (χ1) is 15.6. The molecule has 1 aromatic carbocycles. The highest BCUT2D eigenvalue weighted by atomic mass is 16.5. The van der Waals surface area contributed by atoms with Crippen LogP contribution in [-0.4, -0.2) is 39.4 Å². The molecule has 0 heterocycles. The lowest BCUT2D eigenvalue weighted by atomic mass is 9.91. The van der Waals surface area contributed by atoms with Gasteiger partial charge in [0.05, 0.1) is 7.11 Å². The van der Waals surface area contributed by atoms with Crippen molar-refractivity contribution < 1.29 is 19.0 Å². The molecule has 0 aliphatic heterocycles. The van der Waals surface area contributed by atoms with Crippen LogP contribution < -0.4 is 14.8 Å². The molecule has 0 aliphatic rings. The Kier molecular flexibility index (Phi) is 15.7. The Morgan fingerprint density at radius 2 is 1.79 bits per heavy atom. The van der Waals surface area contributed by atoms with Gasteiger partial charge < -0.3 is 19.5 Å². The van der Waals surface area contributed by atoms with Crippen LogP contribution in [0.25, 0.3) is 6.08 Å². The van der Waals surface area contributed by atoms with E-state index in [4.69, 9.17) is 9.47 Å². The zero-order chi connectivity index (χ0) is 25.3. The fraction of sp³-hybridized carbons (Fsp3) is 0.536. The number of allylic oxidation sites excluding steroid dienone is 5. The second-order valence-electron chi connectivity index (χ2n) is 8.71. The van der Waals surface area contributed by atoms with Gasteiger partial charge in [0.2, 0.25) is 0 Å². The normalized spacial score (nSPS) is 13.2. The van der Waals surface area contributed by atoms with E-state index in [1.807, 2.05) is 40.0 Å². The monoisotopic (exact) mass is 459 g/mol. The molecule has 1 N–H and O–H groups in total. The molecule has 0 radical (unpaired) electrons. The number of nitrogens with one attached hydrogen (secondary N) is 1. The number of carbonyl (C=O) groups excluding carboxylic acids is 1. The van der Waals surface area contributed by atoms with E-state index in [2.05, 4.69) is 68.1 Å². The Morgan fingerprint density at radius 3 is 2.27 bits per heavy atom. The van der Waals surface area contributed by atoms with Gasteiger partial charge in [-0.3, -0.25) is 4.79 Å². The van der Waals surface area contributed by atoms with Crippen molar-refractivity contribution in [3.8, 4) is 11.5 Å². The highest BCUT2D eigenvalue weighted by molar-refractivity contribution is 5.58. The summed E-state index contributed by atoms with van der Waals surface area (Å²) in [6.45, 7) is 16.2. The van der Waals surface area contributed by atoms with Crippen molar-refractivity contribution >= 4 is 12.5 Å². The number of hydrogen-bond acceptors (Lipinski definition) is 5. The molecule has 0 aromatic heterocycles. The molecular formula is C28H45NO4. The molecular weight excluding hydrogens is 414 g/mol. The minimum Gasteiger partial charge on any atom is -0.493 e. The number of rotatable bonds is 12. The molecule has 1 unspecified atom stereocenters. The third kappa shape index (κ3) is 13.6. The van der Waals surface area contributed by atoms with Crippen LogP contribution in [0.3, 0.4) is 0 Å². The van der Waals surface area contributed by atoms with E-state index < -0.39 is 0 Å². The lowest BCUT2D eigenvalue weighted by molar-refractivity contribution is -0.138. The summed E-state index contributed by atoms with van der Waals surface area (Å²) < 4.78 is 15.8. The quantitative estimate of drug-likeness (QED) is 0.165. The average molecular weight is 460 g/mol. The van der Waals surface area contributed by atoms with Gasteiger partial charge >= 0.3 is 0 Å². The minimum absolute atomic E-state index is 0.318. The molecule has 0 spiro atoms. The summed E-state index contributed by atoms with van der Waals surface area (Å²) in [6.07, 6.45) is 11.1. The zero-order valence-corrected chi connectivity index (χ0v) is 22.2. The van der Waals surface area contributed by atoms with Crippen LogP contribution in [0.5, 0.6) is 11.5 Å². The fourth-order valence-corrected chi connectivity index (χ4v) is 2.89. The van der Waals surface area contributed by atoms with E-state index >= 15 is 0 Å². The zero-order valence-electron chi connectivity index (χ0n) is 22.2. The largest absolute Gasteiger partial charge is 0.493 e. The first-order valence-electron chi connectivity index (χ1n) is 11.7. The van der Waals surface area contributed by atoms with Crippen LogP contribution in [0.15, 0.2) is 47.6 Å². The summed E-state index contributed by atoms with van der Waals surface area (Å²) >= 11 is 0. The molecule has 1 atom stereocenters. The third-order valence-electron chi connectivity index (χ3n) is 4.82. The molecule has 0 aliphatic carbocycles. The highest BCUT2D eigenvalue weighted by Crippen LogP contribution is 2.29. The number of carbonyl (C=O) groups is 1. The Balaban J connectivity index is 0.00000126. The van der Waals surface area contributed by atoms with Crippen molar-refractivity contribution in [3.63, 3.8) is 0 Å². The molecule has 5 heteroatoms. The summed E-state index contributed by atoms with van der Waals surface area (Å²) in [4.78, 5) is 9.60. The van der Waals surface area contributed by atoms with Crippen LogP contribution in [-0.2, 0) is 9.53 Å². The number of benzene rings is 1. The predicted molar refractivity (Wildman–Crippen MR) is 140 cm³/mol. The van der Waals surface area contributed by atoms with Crippen molar-refractivity contribution in [2.45, 2.75) is 66.9 Å². The Bertz CT molecular complexity index is 773. The van der Waals surface area contributed by atoms with Crippen molar-refractivity contribution in [3.05, 3.63) is 53.1 Å². The highest BCUT2D eigenvalue weighted by Gasteiger charge is 2.09. The summed E-state index contributed by atoms with van der Waals surface area (Å²) in [7, 11) is 3.59. The fourth-order valence-electron chi connectivity index (χ4n) is 2.89. The first-order valence-corrected chi connectivity index (χ1v) is 11.7. The van der Waals surface area contributed by atoms with Gasteiger partial charge in [0.1, 0.15) is 12.2 Å². The van der Waals surface area contributed by atoms with Crippen molar-refractivity contribution in [1.29, 1.82) is 0 Å². The van der Waals surface area contributed by atoms with Crippen LogP contribution in [0.2, 0.25) is 0 Å².